The first-order valence-electron chi connectivity index (χ1n) is 6.11. The first-order valence-corrected chi connectivity index (χ1v) is 6.11. The van der Waals surface area contributed by atoms with Crippen LogP contribution in [-0.2, 0) is 0 Å². The molecule has 1 aromatic rings. The van der Waals surface area contributed by atoms with E-state index in [2.05, 4.69) is 6.92 Å². The van der Waals surface area contributed by atoms with Gasteiger partial charge >= 0.3 is 0 Å². The van der Waals surface area contributed by atoms with E-state index >= 15 is 0 Å². The Morgan fingerprint density at radius 3 is 2.47 bits per heavy atom. The van der Waals surface area contributed by atoms with Crippen molar-refractivity contribution in [3.05, 3.63) is 23.8 Å². The molecule has 0 aliphatic rings. The highest BCUT2D eigenvalue weighted by atomic mass is 16.5. The summed E-state index contributed by atoms with van der Waals surface area (Å²) in [5, 5.41) is 9.95. The highest BCUT2D eigenvalue weighted by Crippen LogP contribution is 2.32. The molecule has 0 heterocycles. The van der Waals surface area contributed by atoms with Gasteiger partial charge in [-0.3, -0.25) is 0 Å². The summed E-state index contributed by atoms with van der Waals surface area (Å²) < 4.78 is 10.9. The first-order chi connectivity index (χ1) is 8.08. The molecule has 17 heavy (non-hydrogen) atoms. The fraction of sp³-hybridized carbons (Fsp3) is 0.571. The number of rotatable bonds is 6. The second-order valence-corrected chi connectivity index (χ2v) is 4.38. The smallest absolute Gasteiger partial charge is 0.161 e. The molecular weight excluding hydrogens is 216 g/mol. The van der Waals surface area contributed by atoms with Gasteiger partial charge in [-0.25, -0.2) is 0 Å². The van der Waals surface area contributed by atoms with Crippen LogP contribution in [0.25, 0.3) is 0 Å². The van der Waals surface area contributed by atoms with Crippen LogP contribution in [0.5, 0.6) is 11.5 Å². The minimum Gasteiger partial charge on any atom is -0.493 e. The van der Waals surface area contributed by atoms with Crippen LogP contribution < -0.4 is 9.47 Å². The summed E-state index contributed by atoms with van der Waals surface area (Å²) in [6.07, 6.45) is 1.36. The van der Waals surface area contributed by atoms with Crippen molar-refractivity contribution < 1.29 is 14.6 Å². The minimum absolute atomic E-state index is 0.0856. The number of aliphatic hydroxyl groups excluding tert-OH is 1. The molecule has 1 rings (SSSR count). The molecule has 3 heteroatoms. The number of methoxy groups -OCH3 is 1. The van der Waals surface area contributed by atoms with E-state index in [9.17, 15) is 5.11 Å². The maximum absolute atomic E-state index is 9.95. The molecule has 1 unspecified atom stereocenters. The van der Waals surface area contributed by atoms with Crippen LogP contribution in [0.15, 0.2) is 18.2 Å². The third kappa shape index (κ3) is 3.93. The van der Waals surface area contributed by atoms with E-state index in [1.807, 2.05) is 32.0 Å². The molecule has 0 radical (unpaired) electrons. The Kier molecular flexibility index (Phi) is 5.29. The average molecular weight is 238 g/mol. The summed E-state index contributed by atoms with van der Waals surface area (Å²) in [5.41, 5.74) is 0.878. The van der Waals surface area contributed by atoms with Gasteiger partial charge in [0.2, 0.25) is 0 Å². The molecule has 3 nitrogen and oxygen atoms in total. The van der Waals surface area contributed by atoms with Gasteiger partial charge in [0.25, 0.3) is 0 Å². The van der Waals surface area contributed by atoms with Gasteiger partial charge < -0.3 is 14.6 Å². The summed E-state index contributed by atoms with van der Waals surface area (Å²) in [6, 6.07) is 5.58. The van der Waals surface area contributed by atoms with Gasteiger partial charge in [-0.1, -0.05) is 19.4 Å². The monoisotopic (exact) mass is 238 g/mol. The van der Waals surface area contributed by atoms with Crippen molar-refractivity contribution >= 4 is 0 Å². The Morgan fingerprint density at radius 2 is 1.94 bits per heavy atom. The molecule has 0 spiro atoms. The highest BCUT2D eigenvalue weighted by molar-refractivity contribution is 5.43. The van der Waals surface area contributed by atoms with Crippen molar-refractivity contribution in [1.82, 2.24) is 0 Å². The normalized spacial score (nSPS) is 12.6. The molecule has 1 N–H and O–H groups in total. The molecule has 0 bridgehead atoms. The quantitative estimate of drug-likeness (QED) is 0.826. The van der Waals surface area contributed by atoms with E-state index in [-0.39, 0.29) is 6.10 Å². The van der Waals surface area contributed by atoms with Crippen LogP contribution in [0, 0.1) is 0 Å². The largest absolute Gasteiger partial charge is 0.493 e. The van der Waals surface area contributed by atoms with E-state index in [1.165, 1.54) is 0 Å². The van der Waals surface area contributed by atoms with Crippen molar-refractivity contribution in [3.63, 3.8) is 0 Å². The van der Waals surface area contributed by atoms with E-state index in [0.717, 1.165) is 18.4 Å². The second kappa shape index (κ2) is 6.50. The predicted molar refractivity (Wildman–Crippen MR) is 68.6 cm³/mol. The zero-order valence-corrected chi connectivity index (χ0v) is 11.1. The lowest BCUT2D eigenvalue weighted by molar-refractivity contribution is 0.165. The van der Waals surface area contributed by atoms with Gasteiger partial charge in [-0.2, -0.15) is 0 Å². The Labute approximate surface area is 103 Å². The van der Waals surface area contributed by atoms with Gasteiger partial charge in [-0.05, 0) is 38.0 Å². The van der Waals surface area contributed by atoms with Crippen molar-refractivity contribution in [1.29, 1.82) is 0 Å². The van der Waals surface area contributed by atoms with Crippen molar-refractivity contribution in [2.75, 3.05) is 7.11 Å². The van der Waals surface area contributed by atoms with E-state index in [4.69, 9.17) is 9.47 Å². The molecule has 0 saturated carbocycles. The molecule has 96 valence electrons. The predicted octanol–water partition coefficient (Wildman–Crippen LogP) is 3.32. The topological polar surface area (TPSA) is 38.7 Å². The number of aliphatic hydroxyl groups is 1. The lowest BCUT2D eigenvalue weighted by Gasteiger charge is -2.16. The number of ether oxygens (including phenoxy) is 2. The Hall–Kier alpha value is -1.22. The van der Waals surface area contributed by atoms with Crippen LogP contribution in [-0.4, -0.2) is 18.3 Å². The molecule has 1 atom stereocenters. The summed E-state index contributed by atoms with van der Waals surface area (Å²) in [6.45, 7) is 5.99. The van der Waals surface area contributed by atoms with E-state index < -0.39 is 6.10 Å². The summed E-state index contributed by atoms with van der Waals surface area (Å²) in [5.74, 6) is 1.39. The van der Waals surface area contributed by atoms with Gasteiger partial charge in [0.1, 0.15) is 0 Å². The number of hydrogen-bond donors (Lipinski definition) is 1. The number of benzene rings is 1. The number of hydrogen-bond acceptors (Lipinski definition) is 3. The third-order valence-electron chi connectivity index (χ3n) is 2.50. The molecule has 0 saturated heterocycles. The molecule has 0 fully saturated rings. The van der Waals surface area contributed by atoms with Gasteiger partial charge in [0.05, 0.1) is 19.3 Å². The summed E-state index contributed by atoms with van der Waals surface area (Å²) >= 11 is 0. The Balaban J connectivity index is 2.95. The fourth-order valence-electron chi connectivity index (χ4n) is 1.69. The van der Waals surface area contributed by atoms with E-state index in [0.29, 0.717) is 11.5 Å². The van der Waals surface area contributed by atoms with Crippen molar-refractivity contribution in [2.24, 2.45) is 0 Å². The Morgan fingerprint density at radius 1 is 1.24 bits per heavy atom. The first kappa shape index (κ1) is 13.8. The standard InChI is InChI=1S/C14H22O3/c1-5-6-12(15)11-7-8-13(16-4)14(9-11)17-10(2)3/h7-10,12,15H,5-6H2,1-4H3. The van der Waals surface area contributed by atoms with Crippen molar-refractivity contribution in [2.45, 2.75) is 45.8 Å². The van der Waals surface area contributed by atoms with Crippen LogP contribution in [0.4, 0.5) is 0 Å². The second-order valence-electron chi connectivity index (χ2n) is 4.38. The maximum Gasteiger partial charge on any atom is 0.161 e. The fourth-order valence-corrected chi connectivity index (χ4v) is 1.69. The van der Waals surface area contributed by atoms with Crippen molar-refractivity contribution in [3.8, 4) is 11.5 Å². The zero-order chi connectivity index (χ0) is 12.8. The van der Waals surface area contributed by atoms with Crippen LogP contribution in [0.2, 0.25) is 0 Å². The van der Waals surface area contributed by atoms with Crippen LogP contribution in [0.3, 0.4) is 0 Å². The van der Waals surface area contributed by atoms with Gasteiger partial charge in [0.15, 0.2) is 11.5 Å². The minimum atomic E-state index is -0.430. The zero-order valence-electron chi connectivity index (χ0n) is 11.1. The summed E-state index contributed by atoms with van der Waals surface area (Å²) in [7, 11) is 1.62. The van der Waals surface area contributed by atoms with Gasteiger partial charge in [0, 0.05) is 0 Å². The van der Waals surface area contributed by atoms with Crippen LogP contribution >= 0.6 is 0 Å². The lowest BCUT2D eigenvalue weighted by Crippen LogP contribution is -2.07. The van der Waals surface area contributed by atoms with Crippen LogP contribution in [0.1, 0.15) is 45.3 Å². The van der Waals surface area contributed by atoms with Gasteiger partial charge in [-0.15, -0.1) is 0 Å². The lowest BCUT2D eigenvalue weighted by atomic mass is 10.0. The molecule has 1 aromatic carbocycles. The maximum atomic E-state index is 9.95. The molecule has 0 aliphatic heterocycles. The molecular formula is C14H22O3. The molecule has 0 aromatic heterocycles. The highest BCUT2D eigenvalue weighted by Gasteiger charge is 2.12. The average Bonchev–Trinajstić information content (AvgIpc) is 2.28. The Bertz CT molecular complexity index is 347. The SMILES string of the molecule is CCCC(O)c1ccc(OC)c(OC(C)C)c1. The molecule has 0 aliphatic carbocycles. The third-order valence-corrected chi connectivity index (χ3v) is 2.50. The van der Waals surface area contributed by atoms with E-state index in [1.54, 1.807) is 7.11 Å². The summed E-state index contributed by atoms with van der Waals surface area (Å²) in [4.78, 5) is 0. The molecule has 0 amide bonds.